The van der Waals surface area contributed by atoms with Gasteiger partial charge in [-0.05, 0) is 6.92 Å². The third kappa shape index (κ3) is 5.46. The van der Waals surface area contributed by atoms with Crippen LogP contribution in [-0.4, -0.2) is 109 Å². The number of nitrogen functional groups attached to an aromatic ring is 1. The predicted molar refractivity (Wildman–Crippen MR) is 155 cm³/mol. The lowest BCUT2D eigenvalue weighted by molar-refractivity contribution is -0.0592. The number of nitrogens with zero attached hydrogens (tertiary/aromatic N) is 7. The van der Waals surface area contributed by atoms with Gasteiger partial charge in [0.05, 0.1) is 25.9 Å². The average molecular weight is 686 g/mol. The minimum Gasteiger partial charge on any atom is -0.382 e. The maximum Gasteiger partial charge on any atom is 0.328 e. The summed E-state index contributed by atoms with van der Waals surface area (Å²) in [5.74, 6) is 0.407. The Labute approximate surface area is 258 Å². The van der Waals surface area contributed by atoms with E-state index in [2.05, 4.69) is 29.9 Å². The molecule has 2 bridgehead atoms. The van der Waals surface area contributed by atoms with Crippen LogP contribution in [-0.2, 0) is 41.4 Å². The summed E-state index contributed by atoms with van der Waals surface area (Å²) in [6, 6.07) is 0. The standard InChI is InChI=1S/C24H30FN9O10P2/c1-10-31-21-15(22(35)32-10)30-9-34(21)24-18-17(38-2)12(42-24)6-40-45(3,36)43-16-11(5-39-46(4,37)44-18)41-23(13(16)25)33-8-29-14-19(26)27-7-28-20(14)33/h7-9,11-13,16-18,23-24H,5-6H2,1-4H3,(H2,26,27,28)(H,31,32,35)/t11?,12?,13?,16?,17?,18?,23?,24?,45-,46-/m0/s1. The molecule has 3 aliphatic rings. The number of methoxy groups -OCH3 is 1. The second-order valence-electron chi connectivity index (χ2n) is 11.1. The minimum atomic E-state index is -4.02. The molecule has 0 spiro atoms. The van der Waals surface area contributed by atoms with Crippen LogP contribution in [0.4, 0.5) is 10.2 Å². The molecule has 248 valence electrons. The highest BCUT2D eigenvalue weighted by molar-refractivity contribution is 7.53. The molecule has 10 atom stereocenters. The lowest BCUT2D eigenvalue weighted by Crippen LogP contribution is -2.37. The number of hydrogen-bond acceptors (Lipinski definition) is 16. The minimum absolute atomic E-state index is 0.0398. The Balaban J connectivity index is 1.22. The molecule has 0 saturated carbocycles. The van der Waals surface area contributed by atoms with Crippen LogP contribution in [0.15, 0.2) is 23.8 Å². The topological polar surface area (TPSA) is 232 Å². The SMILES string of the molecule is COC1C2CO[P@](C)(=O)OC3C(CO[P@](C)(=O)OC1C(n1cnc4c(=O)[nH]c(C)nc41)O2)OC(n1cnc2c(N)ncnc21)C3F. The fourth-order valence-corrected chi connectivity index (χ4v) is 8.16. The van der Waals surface area contributed by atoms with Crippen LogP contribution in [0.2, 0.25) is 0 Å². The molecule has 7 rings (SSSR count). The second kappa shape index (κ2) is 11.5. The lowest BCUT2D eigenvalue weighted by Gasteiger charge is -2.27. The van der Waals surface area contributed by atoms with Crippen LogP contribution < -0.4 is 11.3 Å². The van der Waals surface area contributed by atoms with Crippen molar-refractivity contribution in [3.8, 4) is 0 Å². The number of nitrogens with two attached hydrogens (primary N) is 1. The largest absolute Gasteiger partial charge is 0.382 e. The average Bonchev–Trinajstić information content (AvgIpc) is 3.75. The smallest absolute Gasteiger partial charge is 0.328 e. The molecule has 3 aliphatic heterocycles. The number of hydrogen-bond donors (Lipinski definition) is 2. The first-order chi connectivity index (χ1) is 21.9. The zero-order chi connectivity index (χ0) is 32.5. The molecule has 46 heavy (non-hydrogen) atoms. The molecule has 7 heterocycles. The maximum atomic E-state index is 16.1. The number of rotatable bonds is 3. The van der Waals surface area contributed by atoms with Crippen molar-refractivity contribution < 1.29 is 45.8 Å². The molecule has 3 fully saturated rings. The van der Waals surface area contributed by atoms with Crippen molar-refractivity contribution in [1.82, 2.24) is 39.0 Å². The van der Waals surface area contributed by atoms with E-state index < -0.39 is 76.5 Å². The van der Waals surface area contributed by atoms with Gasteiger partial charge in [-0.15, -0.1) is 0 Å². The number of halogens is 1. The van der Waals surface area contributed by atoms with Gasteiger partial charge in [0.15, 0.2) is 41.3 Å². The van der Waals surface area contributed by atoms with Crippen LogP contribution >= 0.6 is 15.2 Å². The van der Waals surface area contributed by atoms with Crippen molar-refractivity contribution in [2.45, 2.75) is 56.1 Å². The molecule has 4 aromatic heterocycles. The van der Waals surface area contributed by atoms with Gasteiger partial charge in [0.2, 0.25) is 0 Å². The van der Waals surface area contributed by atoms with E-state index in [-0.39, 0.29) is 34.8 Å². The lowest BCUT2D eigenvalue weighted by atomic mass is 10.1. The first-order valence-electron chi connectivity index (χ1n) is 14.0. The van der Waals surface area contributed by atoms with E-state index in [1.807, 2.05) is 0 Å². The summed E-state index contributed by atoms with van der Waals surface area (Å²) < 4.78 is 87.5. The highest BCUT2D eigenvalue weighted by atomic mass is 31.2. The van der Waals surface area contributed by atoms with Crippen molar-refractivity contribution in [2.24, 2.45) is 0 Å². The van der Waals surface area contributed by atoms with Crippen molar-refractivity contribution in [2.75, 3.05) is 39.4 Å². The number of ether oxygens (including phenoxy) is 3. The van der Waals surface area contributed by atoms with Gasteiger partial charge in [-0.1, -0.05) is 0 Å². The third-order valence-corrected chi connectivity index (χ3v) is 10.4. The maximum absolute atomic E-state index is 16.1. The van der Waals surface area contributed by atoms with Crippen LogP contribution in [0.5, 0.6) is 0 Å². The third-order valence-electron chi connectivity index (χ3n) is 7.88. The number of aryl methyl sites for hydroxylation is 1. The van der Waals surface area contributed by atoms with E-state index >= 15 is 4.39 Å². The summed E-state index contributed by atoms with van der Waals surface area (Å²) in [5, 5.41) is 0. The summed E-state index contributed by atoms with van der Waals surface area (Å²) in [6.45, 7) is 3.15. The zero-order valence-electron chi connectivity index (χ0n) is 24.8. The summed E-state index contributed by atoms with van der Waals surface area (Å²) >= 11 is 0. The molecule has 3 N–H and O–H groups in total. The van der Waals surface area contributed by atoms with Crippen molar-refractivity contribution in [1.29, 1.82) is 0 Å². The van der Waals surface area contributed by atoms with Crippen LogP contribution in [0.1, 0.15) is 18.3 Å². The number of H-pyrrole nitrogens is 1. The Morgan fingerprint density at radius 3 is 2.28 bits per heavy atom. The first kappa shape index (κ1) is 31.4. The summed E-state index contributed by atoms with van der Waals surface area (Å²) in [4.78, 5) is 35.8. The summed E-state index contributed by atoms with van der Waals surface area (Å²) in [6.07, 6.45) is -6.34. The quantitative estimate of drug-likeness (QED) is 0.291. The number of aromatic nitrogens is 8. The Hall–Kier alpha value is -3.19. The van der Waals surface area contributed by atoms with Gasteiger partial charge in [0.25, 0.3) is 5.56 Å². The predicted octanol–water partition coefficient (Wildman–Crippen LogP) is 1.46. The van der Waals surface area contributed by atoms with E-state index in [0.717, 1.165) is 0 Å². The van der Waals surface area contributed by atoms with Gasteiger partial charge in [-0.3, -0.25) is 32.1 Å². The first-order valence-corrected chi connectivity index (χ1v) is 18.0. The molecule has 0 aliphatic carbocycles. The molecule has 3 saturated heterocycles. The van der Waals surface area contributed by atoms with Gasteiger partial charge in [-0.25, -0.2) is 29.3 Å². The Morgan fingerprint density at radius 2 is 1.57 bits per heavy atom. The van der Waals surface area contributed by atoms with Gasteiger partial charge in [0.1, 0.15) is 48.2 Å². The molecule has 8 unspecified atom stereocenters. The van der Waals surface area contributed by atoms with E-state index in [4.69, 9.17) is 38.0 Å². The van der Waals surface area contributed by atoms with Gasteiger partial charge >= 0.3 is 15.2 Å². The summed E-state index contributed by atoms with van der Waals surface area (Å²) in [7, 11) is -6.64. The number of aromatic amines is 1. The van der Waals surface area contributed by atoms with Gasteiger partial charge in [-0.2, -0.15) is 0 Å². The Kier molecular flexibility index (Phi) is 7.85. The fraction of sp³-hybridized carbons (Fsp3) is 0.583. The van der Waals surface area contributed by atoms with Crippen molar-refractivity contribution >= 4 is 43.3 Å². The molecule has 0 amide bonds. The molecular weight excluding hydrogens is 655 g/mol. The van der Waals surface area contributed by atoms with Crippen molar-refractivity contribution in [3.63, 3.8) is 0 Å². The van der Waals surface area contributed by atoms with Crippen LogP contribution in [0.25, 0.3) is 22.3 Å². The number of imidazole rings is 2. The molecular formula is C24H30FN9O10P2. The Morgan fingerprint density at radius 1 is 0.935 bits per heavy atom. The molecule has 19 nitrogen and oxygen atoms in total. The molecule has 22 heteroatoms. The molecule has 0 radical (unpaired) electrons. The molecule has 4 aromatic rings. The van der Waals surface area contributed by atoms with E-state index in [1.165, 1.54) is 48.6 Å². The monoisotopic (exact) mass is 685 g/mol. The highest BCUT2D eigenvalue weighted by Crippen LogP contribution is 2.54. The number of alkyl halides is 1. The number of fused-ring (bicyclic) bond motifs is 5. The number of nitrogens with one attached hydrogen (secondary N) is 1. The van der Waals surface area contributed by atoms with Gasteiger partial charge < -0.3 is 34.0 Å². The zero-order valence-corrected chi connectivity index (χ0v) is 26.6. The highest BCUT2D eigenvalue weighted by Gasteiger charge is 2.54. The number of anilines is 1. The fourth-order valence-electron chi connectivity index (χ4n) is 5.84. The van der Waals surface area contributed by atoms with Crippen molar-refractivity contribution in [3.05, 3.63) is 35.2 Å². The Bertz CT molecular complexity index is 1960. The van der Waals surface area contributed by atoms with E-state index in [1.54, 1.807) is 6.92 Å². The normalized spacial score (nSPS) is 37.2. The van der Waals surface area contributed by atoms with Crippen LogP contribution in [0.3, 0.4) is 0 Å². The van der Waals surface area contributed by atoms with E-state index in [0.29, 0.717) is 5.82 Å². The second-order valence-corrected chi connectivity index (χ2v) is 15.1. The van der Waals surface area contributed by atoms with Gasteiger partial charge in [0, 0.05) is 20.4 Å². The summed E-state index contributed by atoms with van der Waals surface area (Å²) in [5.41, 5.74) is 6.06. The van der Waals surface area contributed by atoms with E-state index in [9.17, 15) is 13.9 Å². The van der Waals surface area contributed by atoms with Crippen LogP contribution in [0, 0.1) is 6.92 Å². The molecule has 0 aromatic carbocycles.